The molecule has 0 spiro atoms. The molecule has 0 radical (unpaired) electrons. The third kappa shape index (κ3) is 12.0. The number of nitrogens with one attached hydrogen (secondary N) is 3. The molecule has 202 valence electrons. The van der Waals surface area contributed by atoms with Crippen LogP contribution in [-0.4, -0.2) is 65.4 Å². The lowest BCUT2D eigenvalue weighted by Crippen LogP contribution is -2.59. The molecule has 0 aromatic heterocycles. The third-order valence-corrected chi connectivity index (χ3v) is 6.19. The Balaban J connectivity index is 5.59. The fourth-order valence-corrected chi connectivity index (χ4v) is 3.36. The highest BCUT2D eigenvalue weighted by molar-refractivity contribution is 5.94. The van der Waals surface area contributed by atoms with Gasteiger partial charge in [-0.25, -0.2) is 4.79 Å². The fourth-order valence-electron chi connectivity index (χ4n) is 3.36. The predicted molar refractivity (Wildman–Crippen MR) is 132 cm³/mol. The number of carboxylic acids is 1. The number of amides is 4. The zero-order valence-corrected chi connectivity index (χ0v) is 21.3. The standard InChI is InChI=1S/C23H44N6O6/c1-5-13(3)18(28-20(31)15(25)9-7-8-12-24)22(33)27-16(10-11-17(26)30)21(32)29-19(23(34)35)14(4)6-2/h13-16,18-19H,5-12,24-25H2,1-4H3,(H2,26,30)(H,27,33)(H,28,31)(H,29,32)(H,34,35). The van der Waals surface area contributed by atoms with Crippen LogP contribution in [0.4, 0.5) is 0 Å². The molecule has 0 rings (SSSR count). The van der Waals surface area contributed by atoms with Crippen LogP contribution >= 0.6 is 0 Å². The molecular weight excluding hydrogens is 456 g/mol. The summed E-state index contributed by atoms with van der Waals surface area (Å²) in [6.07, 6.45) is 2.53. The third-order valence-electron chi connectivity index (χ3n) is 6.19. The minimum atomic E-state index is -1.22. The first-order valence-electron chi connectivity index (χ1n) is 12.3. The van der Waals surface area contributed by atoms with E-state index in [1.165, 1.54) is 0 Å². The Labute approximate surface area is 207 Å². The maximum Gasteiger partial charge on any atom is 0.326 e. The minimum Gasteiger partial charge on any atom is -0.480 e. The van der Waals surface area contributed by atoms with Gasteiger partial charge in [-0.3, -0.25) is 19.2 Å². The number of carboxylic acid groups (broad SMARTS) is 1. The zero-order chi connectivity index (χ0) is 27.1. The molecule has 35 heavy (non-hydrogen) atoms. The van der Waals surface area contributed by atoms with Gasteiger partial charge in [0.1, 0.15) is 18.1 Å². The highest BCUT2D eigenvalue weighted by Crippen LogP contribution is 2.12. The molecule has 0 aromatic rings. The number of primary amides is 1. The second-order valence-electron chi connectivity index (χ2n) is 9.04. The predicted octanol–water partition coefficient (Wildman–Crippen LogP) is -0.661. The first kappa shape index (κ1) is 32.3. The van der Waals surface area contributed by atoms with Gasteiger partial charge in [0.05, 0.1) is 6.04 Å². The summed E-state index contributed by atoms with van der Waals surface area (Å²) in [4.78, 5) is 61.6. The van der Waals surface area contributed by atoms with Gasteiger partial charge in [-0.05, 0) is 37.6 Å². The van der Waals surface area contributed by atoms with Crippen LogP contribution in [0.3, 0.4) is 0 Å². The summed E-state index contributed by atoms with van der Waals surface area (Å²) in [5, 5.41) is 17.2. The SMILES string of the molecule is CCC(C)C(NC(=O)C(CCC(N)=O)NC(=O)C(NC(=O)C(N)CCCCN)C(C)CC)C(=O)O. The van der Waals surface area contributed by atoms with Crippen molar-refractivity contribution in [2.24, 2.45) is 29.0 Å². The average molecular weight is 501 g/mol. The molecule has 0 bridgehead atoms. The second kappa shape index (κ2) is 16.8. The molecule has 0 aliphatic carbocycles. The van der Waals surface area contributed by atoms with Gasteiger partial charge in [-0.15, -0.1) is 0 Å². The number of nitrogens with two attached hydrogens (primary N) is 3. The molecule has 0 aromatic carbocycles. The molecule has 0 saturated heterocycles. The Morgan fingerprint density at radius 1 is 0.800 bits per heavy atom. The summed E-state index contributed by atoms with van der Waals surface area (Å²) in [5.41, 5.74) is 16.6. The van der Waals surface area contributed by atoms with E-state index in [1.54, 1.807) is 20.8 Å². The number of hydrogen-bond acceptors (Lipinski definition) is 7. The van der Waals surface area contributed by atoms with Crippen LogP contribution in [0.1, 0.15) is 72.6 Å². The van der Waals surface area contributed by atoms with Gasteiger partial charge in [-0.2, -0.15) is 0 Å². The van der Waals surface area contributed by atoms with Crippen molar-refractivity contribution in [3.05, 3.63) is 0 Å². The highest BCUT2D eigenvalue weighted by Gasteiger charge is 2.33. The van der Waals surface area contributed by atoms with Gasteiger partial charge in [0.25, 0.3) is 0 Å². The molecule has 12 nitrogen and oxygen atoms in total. The molecule has 6 unspecified atom stereocenters. The van der Waals surface area contributed by atoms with Gasteiger partial charge in [0.2, 0.25) is 23.6 Å². The van der Waals surface area contributed by atoms with Gasteiger partial charge >= 0.3 is 5.97 Å². The smallest absolute Gasteiger partial charge is 0.326 e. The largest absolute Gasteiger partial charge is 0.480 e. The van der Waals surface area contributed by atoms with Crippen LogP contribution in [0.5, 0.6) is 0 Å². The molecule has 4 amide bonds. The van der Waals surface area contributed by atoms with Crippen molar-refractivity contribution in [2.75, 3.05) is 6.54 Å². The molecule has 0 aliphatic heterocycles. The Hall–Kier alpha value is -2.73. The van der Waals surface area contributed by atoms with E-state index >= 15 is 0 Å². The number of hydrogen-bond donors (Lipinski definition) is 7. The molecule has 10 N–H and O–H groups in total. The maximum atomic E-state index is 13.1. The normalized spacial score (nSPS) is 16.2. The van der Waals surface area contributed by atoms with Crippen molar-refractivity contribution in [1.82, 2.24) is 16.0 Å². The van der Waals surface area contributed by atoms with Crippen LogP contribution in [0.2, 0.25) is 0 Å². The van der Waals surface area contributed by atoms with Crippen molar-refractivity contribution in [3.8, 4) is 0 Å². The number of carbonyl (C=O) groups excluding carboxylic acids is 4. The van der Waals surface area contributed by atoms with E-state index in [0.29, 0.717) is 32.2 Å². The van der Waals surface area contributed by atoms with Gasteiger partial charge in [-0.1, -0.05) is 47.0 Å². The first-order chi connectivity index (χ1) is 16.4. The molecule has 6 atom stereocenters. The fraction of sp³-hybridized carbons (Fsp3) is 0.783. The van der Waals surface area contributed by atoms with Crippen LogP contribution in [0.25, 0.3) is 0 Å². The molecule has 0 heterocycles. The zero-order valence-electron chi connectivity index (χ0n) is 21.3. The summed E-state index contributed by atoms with van der Waals surface area (Å²) in [6.45, 7) is 7.58. The van der Waals surface area contributed by atoms with Crippen molar-refractivity contribution in [3.63, 3.8) is 0 Å². The molecule has 0 fully saturated rings. The van der Waals surface area contributed by atoms with Crippen LogP contribution in [0, 0.1) is 11.8 Å². The Morgan fingerprint density at radius 3 is 1.83 bits per heavy atom. The van der Waals surface area contributed by atoms with Crippen LogP contribution in [-0.2, 0) is 24.0 Å². The van der Waals surface area contributed by atoms with Crippen molar-refractivity contribution in [2.45, 2.75) is 96.8 Å². The Bertz CT molecular complexity index is 719. The number of unbranched alkanes of at least 4 members (excludes halogenated alkanes) is 1. The highest BCUT2D eigenvalue weighted by atomic mass is 16.4. The molecule has 0 aliphatic rings. The Morgan fingerprint density at radius 2 is 1.34 bits per heavy atom. The van der Waals surface area contributed by atoms with E-state index in [-0.39, 0.29) is 24.7 Å². The van der Waals surface area contributed by atoms with Gasteiger partial charge in [0.15, 0.2) is 0 Å². The van der Waals surface area contributed by atoms with Crippen molar-refractivity contribution < 1.29 is 29.1 Å². The van der Waals surface area contributed by atoms with E-state index in [1.807, 2.05) is 6.92 Å². The number of carbonyl (C=O) groups is 5. The maximum absolute atomic E-state index is 13.1. The van der Waals surface area contributed by atoms with Crippen LogP contribution < -0.4 is 33.2 Å². The lowest BCUT2D eigenvalue weighted by Gasteiger charge is -2.28. The average Bonchev–Trinajstić information content (AvgIpc) is 2.81. The number of aliphatic carboxylic acids is 1. The molecular formula is C23H44N6O6. The first-order valence-corrected chi connectivity index (χ1v) is 12.3. The monoisotopic (exact) mass is 500 g/mol. The summed E-state index contributed by atoms with van der Waals surface area (Å²) < 4.78 is 0. The summed E-state index contributed by atoms with van der Waals surface area (Å²) in [6, 6.07) is -4.19. The van der Waals surface area contributed by atoms with E-state index in [2.05, 4.69) is 16.0 Å². The minimum absolute atomic E-state index is 0.125. The van der Waals surface area contributed by atoms with Gasteiger partial charge in [0, 0.05) is 6.42 Å². The lowest BCUT2D eigenvalue weighted by molar-refractivity contribution is -0.144. The second-order valence-corrected chi connectivity index (χ2v) is 9.04. The summed E-state index contributed by atoms with van der Waals surface area (Å²) >= 11 is 0. The van der Waals surface area contributed by atoms with E-state index in [4.69, 9.17) is 17.2 Å². The Kier molecular flexibility index (Phi) is 15.5. The summed E-state index contributed by atoms with van der Waals surface area (Å²) in [7, 11) is 0. The van der Waals surface area contributed by atoms with Crippen LogP contribution in [0.15, 0.2) is 0 Å². The molecule has 12 heteroatoms. The van der Waals surface area contributed by atoms with Crippen molar-refractivity contribution >= 4 is 29.6 Å². The topological polar surface area (TPSA) is 220 Å². The number of rotatable bonds is 18. The van der Waals surface area contributed by atoms with E-state index in [0.717, 1.165) is 6.42 Å². The molecule has 0 saturated carbocycles. The summed E-state index contributed by atoms with van der Waals surface area (Å²) in [5.74, 6) is -4.42. The quantitative estimate of drug-likeness (QED) is 0.119. The van der Waals surface area contributed by atoms with E-state index < -0.39 is 53.8 Å². The van der Waals surface area contributed by atoms with Crippen molar-refractivity contribution in [1.29, 1.82) is 0 Å². The van der Waals surface area contributed by atoms with Gasteiger partial charge < -0.3 is 38.3 Å². The van der Waals surface area contributed by atoms with E-state index in [9.17, 15) is 29.1 Å². The lowest BCUT2D eigenvalue weighted by atomic mass is 9.96.